The van der Waals surface area contributed by atoms with Crippen molar-refractivity contribution in [3.8, 4) is 0 Å². The Morgan fingerprint density at radius 1 is 0.960 bits per heavy atom. The van der Waals surface area contributed by atoms with Gasteiger partial charge in [-0.05, 0) is 38.1 Å². The summed E-state index contributed by atoms with van der Waals surface area (Å²) in [6.07, 6.45) is 0. The smallest absolute Gasteiger partial charge is 0.0705 e. The number of fused-ring (bicyclic) bond motifs is 1. The molecule has 3 nitrogen and oxygen atoms in total. The van der Waals surface area contributed by atoms with Crippen LogP contribution in [0.3, 0.4) is 0 Å². The van der Waals surface area contributed by atoms with Crippen LogP contribution in [0.5, 0.6) is 0 Å². The molecule has 1 unspecified atom stereocenters. The minimum absolute atomic E-state index is 0.511. The van der Waals surface area contributed by atoms with Gasteiger partial charge in [-0.2, -0.15) is 0 Å². The van der Waals surface area contributed by atoms with Gasteiger partial charge in [-0.1, -0.05) is 42.0 Å². The second-order valence-electron chi connectivity index (χ2n) is 7.11. The van der Waals surface area contributed by atoms with Crippen LogP contribution in [-0.2, 0) is 6.54 Å². The van der Waals surface area contributed by atoms with E-state index in [9.17, 15) is 0 Å². The highest BCUT2D eigenvalue weighted by Gasteiger charge is 2.24. The number of aromatic nitrogens is 1. The number of para-hydroxylation sites is 1. The molecule has 1 saturated heterocycles. The van der Waals surface area contributed by atoms with Crippen molar-refractivity contribution >= 4 is 16.6 Å². The molecule has 0 saturated carbocycles. The van der Waals surface area contributed by atoms with E-state index in [4.69, 9.17) is 4.98 Å². The Balaban J connectivity index is 1.44. The Labute approximate surface area is 149 Å². The first-order valence-electron chi connectivity index (χ1n) is 9.09. The molecule has 1 atom stereocenters. The molecule has 2 aromatic carbocycles. The number of benzene rings is 2. The van der Waals surface area contributed by atoms with Gasteiger partial charge in [-0.25, -0.2) is 0 Å². The van der Waals surface area contributed by atoms with Gasteiger partial charge in [0, 0.05) is 43.3 Å². The van der Waals surface area contributed by atoms with E-state index in [1.54, 1.807) is 0 Å². The maximum absolute atomic E-state index is 4.83. The van der Waals surface area contributed by atoms with Crippen molar-refractivity contribution in [1.29, 1.82) is 0 Å². The van der Waals surface area contributed by atoms with Gasteiger partial charge in [0.05, 0.1) is 11.2 Å². The fourth-order valence-corrected chi connectivity index (χ4v) is 3.72. The van der Waals surface area contributed by atoms with E-state index in [0.717, 1.165) is 37.4 Å². The largest absolute Gasteiger partial charge is 0.366 e. The van der Waals surface area contributed by atoms with Crippen LogP contribution in [0.1, 0.15) is 18.2 Å². The Hall–Kier alpha value is -2.39. The summed E-state index contributed by atoms with van der Waals surface area (Å²) in [5, 5.41) is 1.21. The first-order valence-corrected chi connectivity index (χ1v) is 9.09. The van der Waals surface area contributed by atoms with Crippen LogP contribution in [0.2, 0.25) is 0 Å². The van der Waals surface area contributed by atoms with Gasteiger partial charge in [-0.3, -0.25) is 9.88 Å². The van der Waals surface area contributed by atoms with Gasteiger partial charge in [0.25, 0.3) is 0 Å². The van der Waals surface area contributed by atoms with E-state index in [-0.39, 0.29) is 0 Å². The van der Waals surface area contributed by atoms with Crippen molar-refractivity contribution in [3.63, 3.8) is 0 Å². The summed E-state index contributed by atoms with van der Waals surface area (Å²) in [7, 11) is 0. The molecule has 3 heteroatoms. The third-order valence-electron chi connectivity index (χ3n) is 5.12. The zero-order chi connectivity index (χ0) is 17.2. The number of hydrogen-bond donors (Lipinski definition) is 0. The molecule has 128 valence electrons. The average molecular weight is 331 g/mol. The molecule has 1 aliphatic heterocycles. The first kappa shape index (κ1) is 16.1. The third kappa shape index (κ3) is 3.52. The zero-order valence-corrected chi connectivity index (χ0v) is 15.0. The quantitative estimate of drug-likeness (QED) is 0.715. The Morgan fingerprint density at radius 2 is 1.76 bits per heavy atom. The van der Waals surface area contributed by atoms with Crippen molar-refractivity contribution in [2.75, 3.05) is 24.5 Å². The summed E-state index contributed by atoms with van der Waals surface area (Å²) in [6.45, 7) is 8.60. The Bertz CT molecular complexity index is 857. The highest BCUT2D eigenvalue weighted by atomic mass is 15.3. The Morgan fingerprint density at radius 3 is 2.56 bits per heavy atom. The summed E-state index contributed by atoms with van der Waals surface area (Å²) < 4.78 is 0. The summed E-state index contributed by atoms with van der Waals surface area (Å²) in [4.78, 5) is 9.86. The summed E-state index contributed by atoms with van der Waals surface area (Å²) in [5.41, 5.74) is 4.90. The highest BCUT2D eigenvalue weighted by Crippen LogP contribution is 2.22. The topological polar surface area (TPSA) is 19.4 Å². The molecule has 0 N–H and O–H groups in total. The average Bonchev–Trinajstić information content (AvgIpc) is 2.63. The van der Waals surface area contributed by atoms with E-state index in [1.807, 2.05) is 0 Å². The molecule has 3 aromatic rings. The van der Waals surface area contributed by atoms with Crippen molar-refractivity contribution in [2.24, 2.45) is 0 Å². The lowest BCUT2D eigenvalue weighted by atomic mass is 10.1. The van der Waals surface area contributed by atoms with Crippen LogP contribution in [0.25, 0.3) is 10.9 Å². The molecule has 0 aliphatic carbocycles. The minimum atomic E-state index is 0.511. The van der Waals surface area contributed by atoms with Crippen LogP contribution < -0.4 is 4.90 Å². The molecule has 1 aromatic heterocycles. The number of pyridine rings is 1. The molecule has 25 heavy (non-hydrogen) atoms. The fourth-order valence-electron chi connectivity index (χ4n) is 3.72. The molecule has 0 radical (unpaired) electrons. The lowest BCUT2D eigenvalue weighted by Crippen LogP contribution is -2.51. The van der Waals surface area contributed by atoms with Crippen LogP contribution in [0, 0.1) is 6.92 Å². The summed E-state index contributed by atoms with van der Waals surface area (Å²) in [6, 6.07) is 22.1. The monoisotopic (exact) mass is 331 g/mol. The molecular weight excluding hydrogens is 306 g/mol. The van der Waals surface area contributed by atoms with Gasteiger partial charge in [0.1, 0.15) is 0 Å². The molecular formula is C22H25N3. The van der Waals surface area contributed by atoms with Crippen LogP contribution >= 0.6 is 0 Å². The lowest BCUT2D eigenvalue weighted by Gasteiger charge is -2.41. The number of nitrogens with zero attached hydrogens (tertiary/aromatic N) is 3. The van der Waals surface area contributed by atoms with Crippen molar-refractivity contribution in [3.05, 3.63) is 71.9 Å². The van der Waals surface area contributed by atoms with Gasteiger partial charge in [-0.15, -0.1) is 0 Å². The van der Waals surface area contributed by atoms with Crippen molar-refractivity contribution in [1.82, 2.24) is 9.88 Å². The van der Waals surface area contributed by atoms with E-state index in [1.165, 1.54) is 16.6 Å². The number of anilines is 1. The van der Waals surface area contributed by atoms with Crippen LogP contribution in [-0.4, -0.2) is 35.6 Å². The second-order valence-corrected chi connectivity index (χ2v) is 7.11. The molecule has 1 aliphatic rings. The molecule has 1 fully saturated rings. The van der Waals surface area contributed by atoms with Gasteiger partial charge >= 0.3 is 0 Å². The summed E-state index contributed by atoms with van der Waals surface area (Å²) in [5.74, 6) is 0. The van der Waals surface area contributed by atoms with E-state index >= 15 is 0 Å². The molecule has 2 heterocycles. The van der Waals surface area contributed by atoms with Crippen molar-refractivity contribution in [2.45, 2.75) is 26.4 Å². The standard InChI is InChI=1S/C22H25N3/c1-17-7-11-21(12-8-17)25-14-13-24(15-18(25)2)16-20-10-9-19-5-3-4-6-22(19)23-20/h3-12,18H,13-16H2,1-2H3. The van der Waals surface area contributed by atoms with E-state index < -0.39 is 0 Å². The van der Waals surface area contributed by atoms with Gasteiger partial charge in [0.2, 0.25) is 0 Å². The number of rotatable bonds is 3. The third-order valence-corrected chi connectivity index (χ3v) is 5.12. The van der Waals surface area contributed by atoms with Crippen molar-refractivity contribution < 1.29 is 0 Å². The Kier molecular flexibility index (Phi) is 4.41. The first-order chi connectivity index (χ1) is 12.2. The van der Waals surface area contributed by atoms with E-state index in [2.05, 4.69) is 84.3 Å². The van der Waals surface area contributed by atoms with Gasteiger partial charge in [0.15, 0.2) is 0 Å². The number of hydrogen-bond acceptors (Lipinski definition) is 3. The minimum Gasteiger partial charge on any atom is -0.366 e. The maximum atomic E-state index is 4.83. The highest BCUT2D eigenvalue weighted by molar-refractivity contribution is 5.78. The molecule has 0 spiro atoms. The van der Waals surface area contributed by atoms with Crippen LogP contribution in [0.15, 0.2) is 60.7 Å². The zero-order valence-electron chi connectivity index (χ0n) is 15.0. The molecule has 0 amide bonds. The predicted molar refractivity (Wildman–Crippen MR) is 105 cm³/mol. The second kappa shape index (κ2) is 6.85. The lowest BCUT2D eigenvalue weighted by molar-refractivity contribution is 0.219. The molecule has 4 rings (SSSR count). The SMILES string of the molecule is Cc1ccc(N2CCN(Cc3ccc4ccccc4n3)CC2C)cc1. The maximum Gasteiger partial charge on any atom is 0.0705 e. The fraction of sp³-hybridized carbons (Fsp3) is 0.318. The van der Waals surface area contributed by atoms with Gasteiger partial charge < -0.3 is 4.90 Å². The predicted octanol–water partition coefficient (Wildman–Crippen LogP) is 4.25. The number of aryl methyl sites for hydroxylation is 1. The summed E-state index contributed by atoms with van der Waals surface area (Å²) >= 11 is 0. The molecule has 0 bridgehead atoms. The van der Waals surface area contributed by atoms with Crippen LogP contribution in [0.4, 0.5) is 5.69 Å². The van der Waals surface area contributed by atoms with E-state index in [0.29, 0.717) is 6.04 Å². The normalized spacial score (nSPS) is 18.6. The number of piperazine rings is 1.